The number of hydrogen-bond acceptors (Lipinski definition) is 4. The second-order valence-corrected chi connectivity index (χ2v) is 3.16. The van der Waals surface area contributed by atoms with Crippen molar-refractivity contribution in [1.82, 2.24) is 0 Å². The lowest BCUT2D eigenvalue weighted by molar-refractivity contribution is -0.144. The summed E-state index contributed by atoms with van der Waals surface area (Å²) in [5.74, 6) is -0.295. The summed E-state index contributed by atoms with van der Waals surface area (Å²) in [6, 6.07) is -0.0524. The van der Waals surface area contributed by atoms with Gasteiger partial charge in [0.05, 0.1) is 19.6 Å². The molecule has 1 aliphatic heterocycles. The van der Waals surface area contributed by atoms with Gasteiger partial charge in [-0.2, -0.15) is 0 Å². The Bertz CT molecular complexity index is 250. The minimum atomic E-state index is -0.295. The van der Waals surface area contributed by atoms with Gasteiger partial charge in [-0.1, -0.05) is 5.11 Å². The molecule has 0 amide bonds. The largest absolute Gasteiger partial charge is 0.469 e. The number of rotatable bonds is 3. The van der Waals surface area contributed by atoms with Crippen molar-refractivity contribution in [3.05, 3.63) is 10.4 Å². The average Bonchev–Trinajstić information content (AvgIpc) is 2.19. The number of methoxy groups -OCH3 is 1. The Morgan fingerprint density at radius 1 is 1.79 bits per heavy atom. The summed E-state index contributed by atoms with van der Waals surface area (Å²) in [4.78, 5) is 13.7. The fourth-order valence-electron chi connectivity index (χ4n) is 1.45. The van der Waals surface area contributed by atoms with Crippen molar-refractivity contribution < 1.29 is 14.3 Å². The maximum absolute atomic E-state index is 10.9. The molecule has 78 valence electrons. The molecule has 6 heteroatoms. The van der Waals surface area contributed by atoms with Crippen LogP contribution in [0.5, 0.6) is 0 Å². The summed E-state index contributed by atoms with van der Waals surface area (Å²) in [5.41, 5.74) is 8.26. The highest BCUT2D eigenvalue weighted by atomic mass is 16.5. The fraction of sp³-hybridized carbons (Fsp3) is 0.875. The first-order valence-corrected chi connectivity index (χ1v) is 4.49. The molecular formula is C8H13N3O3. The number of nitrogens with zero attached hydrogens (tertiary/aromatic N) is 3. The van der Waals surface area contributed by atoms with Crippen molar-refractivity contribution in [2.75, 3.05) is 13.7 Å². The van der Waals surface area contributed by atoms with Crippen LogP contribution in [0.25, 0.3) is 10.4 Å². The van der Waals surface area contributed by atoms with Crippen molar-refractivity contribution in [3.8, 4) is 0 Å². The first kappa shape index (κ1) is 10.8. The Hall–Kier alpha value is -1.26. The molecule has 1 rings (SSSR count). The second kappa shape index (κ2) is 5.47. The number of esters is 1. The van der Waals surface area contributed by atoms with Crippen LogP contribution >= 0.6 is 0 Å². The van der Waals surface area contributed by atoms with E-state index in [1.54, 1.807) is 0 Å². The fourth-order valence-corrected chi connectivity index (χ4v) is 1.45. The summed E-state index contributed by atoms with van der Waals surface area (Å²) < 4.78 is 9.87. The lowest BCUT2D eigenvalue weighted by atomic mass is 10.0. The van der Waals surface area contributed by atoms with Crippen molar-refractivity contribution in [2.24, 2.45) is 5.11 Å². The monoisotopic (exact) mass is 199 g/mol. The van der Waals surface area contributed by atoms with E-state index in [0.717, 1.165) is 6.42 Å². The lowest BCUT2D eigenvalue weighted by Gasteiger charge is -2.25. The SMILES string of the molecule is COC(=O)CC1CC(N=[N+]=[N-])CCO1. The zero-order valence-corrected chi connectivity index (χ0v) is 8.05. The van der Waals surface area contributed by atoms with Gasteiger partial charge < -0.3 is 9.47 Å². The van der Waals surface area contributed by atoms with Crippen LogP contribution in [-0.4, -0.2) is 31.8 Å². The van der Waals surface area contributed by atoms with E-state index in [9.17, 15) is 4.79 Å². The van der Waals surface area contributed by atoms with Gasteiger partial charge in [0, 0.05) is 17.6 Å². The number of hydrogen-bond donors (Lipinski definition) is 0. The summed E-state index contributed by atoms with van der Waals surface area (Å²) in [6.07, 6.45) is 1.38. The minimum absolute atomic E-state index is 0.0524. The Morgan fingerprint density at radius 3 is 3.21 bits per heavy atom. The molecule has 0 aromatic rings. The molecule has 1 saturated heterocycles. The highest BCUT2D eigenvalue weighted by Gasteiger charge is 2.23. The standard InChI is InChI=1S/C8H13N3O3/c1-13-8(12)5-7-4-6(10-11-9)2-3-14-7/h6-7H,2-5H2,1H3. The molecule has 0 bridgehead atoms. The van der Waals surface area contributed by atoms with E-state index in [2.05, 4.69) is 14.8 Å². The molecule has 0 aliphatic carbocycles. The van der Waals surface area contributed by atoms with Crippen molar-refractivity contribution in [3.63, 3.8) is 0 Å². The molecule has 0 saturated carbocycles. The van der Waals surface area contributed by atoms with E-state index < -0.39 is 0 Å². The quantitative estimate of drug-likeness (QED) is 0.298. The van der Waals surface area contributed by atoms with Crippen molar-refractivity contribution in [2.45, 2.75) is 31.4 Å². The van der Waals surface area contributed by atoms with Gasteiger partial charge in [0.2, 0.25) is 0 Å². The number of ether oxygens (including phenoxy) is 2. The van der Waals surface area contributed by atoms with Gasteiger partial charge in [-0.15, -0.1) is 0 Å². The summed E-state index contributed by atoms with van der Waals surface area (Å²) in [5, 5.41) is 3.62. The van der Waals surface area contributed by atoms with Gasteiger partial charge in [0.15, 0.2) is 0 Å². The molecule has 2 atom stereocenters. The highest BCUT2D eigenvalue weighted by molar-refractivity contribution is 5.69. The van der Waals surface area contributed by atoms with Gasteiger partial charge in [-0.25, -0.2) is 0 Å². The molecule has 1 heterocycles. The molecule has 2 unspecified atom stereocenters. The third-order valence-corrected chi connectivity index (χ3v) is 2.18. The van der Waals surface area contributed by atoms with E-state index in [4.69, 9.17) is 10.3 Å². The zero-order valence-electron chi connectivity index (χ0n) is 8.05. The van der Waals surface area contributed by atoms with E-state index in [0.29, 0.717) is 13.0 Å². The molecule has 0 N–H and O–H groups in total. The Labute approximate surface area is 81.8 Å². The lowest BCUT2D eigenvalue weighted by Crippen LogP contribution is -2.29. The third kappa shape index (κ3) is 3.24. The third-order valence-electron chi connectivity index (χ3n) is 2.18. The number of carbonyl (C=O) groups is 1. The molecule has 0 aromatic heterocycles. The van der Waals surface area contributed by atoms with Crippen molar-refractivity contribution >= 4 is 5.97 Å². The van der Waals surface area contributed by atoms with Crippen molar-refractivity contribution in [1.29, 1.82) is 0 Å². The first-order chi connectivity index (χ1) is 6.76. The van der Waals surface area contributed by atoms with E-state index in [1.807, 2.05) is 0 Å². The van der Waals surface area contributed by atoms with Crippen LogP contribution in [0, 0.1) is 0 Å². The van der Waals surface area contributed by atoms with Crippen LogP contribution in [0.1, 0.15) is 19.3 Å². The van der Waals surface area contributed by atoms with Gasteiger partial charge in [-0.3, -0.25) is 4.79 Å². The molecule has 0 radical (unpaired) electrons. The van der Waals surface area contributed by atoms with E-state index in [-0.39, 0.29) is 24.5 Å². The summed E-state index contributed by atoms with van der Waals surface area (Å²) in [6.45, 7) is 0.533. The van der Waals surface area contributed by atoms with Crippen LogP contribution in [0.4, 0.5) is 0 Å². The van der Waals surface area contributed by atoms with Crippen LogP contribution in [0.3, 0.4) is 0 Å². The first-order valence-electron chi connectivity index (χ1n) is 4.49. The molecule has 14 heavy (non-hydrogen) atoms. The average molecular weight is 199 g/mol. The summed E-state index contributed by atoms with van der Waals surface area (Å²) in [7, 11) is 1.34. The highest BCUT2D eigenvalue weighted by Crippen LogP contribution is 2.19. The van der Waals surface area contributed by atoms with E-state index >= 15 is 0 Å². The maximum atomic E-state index is 10.9. The Morgan fingerprint density at radius 2 is 2.57 bits per heavy atom. The number of azide groups is 1. The predicted molar refractivity (Wildman–Crippen MR) is 48.5 cm³/mol. The molecule has 0 spiro atoms. The van der Waals surface area contributed by atoms with Gasteiger partial charge >= 0.3 is 5.97 Å². The molecule has 1 fully saturated rings. The van der Waals surface area contributed by atoms with Crippen LogP contribution in [-0.2, 0) is 14.3 Å². The number of carbonyl (C=O) groups excluding carboxylic acids is 1. The Kier molecular flexibility index (Phi) is 4.22. The summed E-state index contributed by atoms with van der Waals surface area (Å²) >= 11 is 0. The topological polar surface area (TPSA) is 84.3 Å². The maximum Gasteiger partial charge on any atom is 0.308 e. The van der Waals surface area contributed by atoms with Crippen LogP contribution < -0.4 is 0 Å². The van der Waals surface area contributed by atoms with Crippen LogP contribution in [0.15, 0.2) is 5.11 Å². The smallest absolute Gasteiger partial charge is 0.308 e. The zero-order chi connectivity index (χ0) is 10.4. The van der Waals surface area contributed by atoms with E-state index in [1.165, 1.54) is 7.11 Å². The Balaban J connectivity index is 2.39. The second-order valence-electron chi connectivity index (χ2n) is 3.16. The molecular weight excluding hydrogens is 186 g/mol. The molecule has 6 nitrogen and oxygen atoms in total. The van der Waals surface area contributed by atoms with Crippen LogP contribution in [0.2, 0.25) is 0 Å². The van der Waals surface area contributed by atoms with Gasteiger partial charge in [0.25, 0.3) is 0 Å². The molecule has 1 aliphatic rings. The molecule has 0 aromatic carbocycles. The predicted octanol–water partition coefficient (Wildman–Crippen LogP) is 1.41. The minimum Gasteiger partial charge on any atom is -0.469 e. The normalized spacial score (nSPS) is 26.4. The van der Waals surface area contributed by atoms with Gasteiger partial charge in [0.1, 0.15) is 0 Å². The van der Waals surface area contributed by atoms with Gasteiger partial charge in [-0.05, 0) is 18.4 Å².